The van der Waals surface area contributed by atoms with Gasteiger partial charge < -0.3 is 18.8 Å². The van der Waals surface area contributed by atoms with Gasteiger partial charge in [-0.05, 0) is 58.5 Å². The van der Waals surface area contributed by atoms with Crippen molar-refractivity contribution in [3.63, 3.8) is 0 Å². The first kappa shape index (κ1) is 20.6. The molecule has 0 atom stereocenters. The largest absolute Gasteiger partial charge is 0.497 e. The number of carbonyl (C=O) groups is 2. The molecule has 8 nitrogen and oxygen atoms in total. The molecule has 0 saturated carbocycles. The first-order chi connectivity index (χ1) is 14.5. The molecule has 0 spiro atoms. The monoisotopic (exact) mass is 491 g/mol. The van der Waals surface area contributed by atoms with E-state index in [2.05, 4.69) is 21.2 Å². The van der Waals surface area contributed by atoms with E-state index in [1.54, 1.807) is 37.4 Å². The van der Waals surface area contributed by atoms with Gasteiger partial charge in [-0.3, -0.25) is 19.8 Å². The van der Waals surface area contributed by atoms with Gasteiger partial charge in [0.1, 0.15) is 17.1 Å². The summed E-state index contributed by atoms with van der Waals surface area (Å²) in [4.78, 5) is 28.9. The van der Waals surface area contributed by atoms with Gasteiger partial charge in [0.15, 0.2) is 5.11 Å². The van der Waals surface area contributed by atoms with Crippen molar-refractivity contribution in [1.82, 2.24) is 5.32 Å². The van der Waals surface area contributed by atoms with Crippen molar-refractivity contribution in [3.05, 3.63) is 46.1 Å². The summed E-state index contributed by atoms with van der Waals surface area (Å²) >= 11 is 8.70. The van der Waals surface area contributed by atoms with Crippen LogP contribution in [0, 0.1) is 0 Å². The highest BCUT2D eigenvalue weighted by molar-refractivity contribution is 9.10. The molecule has 2 aromatic rings. The molecule has 2 fully saturated rings. The van der Waals surface area contributed by atoms with Crippen molar-refractivity contribution in [2.24, 2.45) is 0 Å². The lowest BCUT2D eigenvalue weighted by atomic mass is 10.1. The van der Waals surface area contributed by atoms with Crippen molar-refractivity contribution in [2.75, 3.05) is 43.2 Å². The standard InChI is InChI=1S/C20H18BrN3O5S/c1-27-13-4-2-12(3-5-13)24-18(26)15(17(25)22-20(24)30)10-14-11-16(21)19(29-14)23-6-8-28-9-7-23/h2-5,10-11H,6-9H2,1H3,(H,22,25,30)/b15-10-. The molecule has 30 heavy (non-hydrogen) atoms. The molecular formula is C20H18BrN3O5S. The fourth-order valence-corrected chi connectivity index (χ4v) is 4.03. The molecule has 4 rings (SSSR count). The third-order valence-electron chi connectivity index (χ3n) is 4.71. The van der Waals surface area contributed by atoms with E-state index in [9.17, 15) is 9.59 Å². The quantitative estimate of drug-likeness (QED) is 0.399. The highest BCUT2D eigenvalue weighted by Gasteiger charge is 2.35. The number of ether oxygens (including phenoxy) is 2. The molecule has 0 radical (unpaired) electrons. The van der Waals surface area contributed by atoms with Crippen molar-refractivity contribution >= 4 is 62.7 Å². The minimum atomic E-state index is -0.574. The molecule has 1 aromatic heterocycles. The van der Waals surface area contributed by atoms with Gasteiger partial charge in [-0.25, -0.2) is 0 Å². The maximum Gasteiger partial charge on any atom is 0.270 e. The van der Waals surface area contributed by atoms with Crippen LogP contribution in [0.5, 0.6) is 5.75 Å². The highest BCUT2D eigenvalue weighted by atomic mass is 79.9. The van der Waals surface area contributed by atoms with Gasteiger partial charge in [0.05, 0.1) is 30.5 Å². The lowest BCUT2D eigenvalue weighted by Crippen LogP contribution is -2.54. The molecule has 2 aliphatic heterocycles. The van der Waals surface area contributed by atoms with Crippen LogP contribution in [-0.4, -0.2) is 50.3 Å². The zero-order valence-corrected chi connectivity index (χ0v) is 18.4. The molecular weight excluding hydrogens is 474 g/mol. The number of rotatable bonds is 4. The summed E-state index contributed by atoms with van der Waals surface area (Å²) in [6.07, 6.45) is 1.42. The van der Waals surface area contributed by atoms with Crippen molar-refractivity contribution in [1.29, 1.82) is 0 Å². The predicted octanol–water partition coefficient (Wildman–Crippen LogP) is 2.72. The van der Waals surface area contributed by atoms with E-state index in [4.69, 9.17) is 26.1 Å². The lowest BCUT2D eigenvalue weighted by Gasteiger charge is -2.28. The van der Waals surface area contributed by atoms with E-state index in [-0.39, 0.29) is 10.7 Å². The molecule has 10 heteroatoms. The summed E-state index contributed by atoms with van der Waals surface area (Å²) in [6.45, 7) is 2.61. The van der Waals surface area contributed by atoms with Gasteiger partial charge in [-0.15, -0.1) is 0 Å². The third kappa shape index (κ3) is 3.98. The van der Waals surface area contributed by atoms with Gasteiger partial charge in [-0.1, -0.05) is 0 Å². The Morgan fingerprint density at radius 3 is 2.57 bits per heavy atom. The number of halogens is 1. The van der Waals surface area contributed by atoms with E-state index in [1.807, 2.05) is 4.90 Å². The van der Waals surface area contributed by atoms with E-state index >= 15 is 0 Å². The number of benzene rings is 1. The highest BCUT2D eigenvalue weighted by Crippen LogP contribution is 2.32. The van der Waals surface area contributed by atoms with Gasteiger partial charge in [-0.2, -0.15) is 0 Å². The lowest BCUT2D eigenvalue weighted by molar-refractivity contribution is -0.122. The van der Waals surface area contributed by atoms with E-state index in [1.165, 1.54) is 11.0 Å². The fourth-order valence-electron chi connectivity index (χ4n) is 3.20. The van der Waals surface area contributed by atoms with Crippen LogP contribution in [0.25, 0.3) is 6.08 Å². The summed E-state index contributed by atoms with van der Waals surface area (Å²) in [5, 5.41) is 2.58. The number of amides is 2. The van der Waals surface area contributed by atoms with Crippen LogP contribution in [0.15, 0.2) is 44.8 Å². The predicted molar refractivity (Wildman–Crippen MR) is 119 cm³/mol. The summed E-state index contributed by atoms with van der Waals surface area (Å²) in [6, 6.07) is 8.53. The molecule has 1 aromatic carbocycles. The molecule has 2 saturated heterocycles. The molecule has 2 amide bonds. The minimum Gasteiger partial charge on any atom is -0.497 e. The van der Waals surface area contributed by atoms with Gasteiger partial charge >= 0.3 is 0 Å². The molecule has 1 N–H and O–H groups in total. The van der Waals surface area contributed by atoms with Crippen molar-refractivity contribution in [3.8, 4) is 5.75 Å². The van der Waals surface area contributed by atoms with Crippen LogP contribution in [0.3, 0.4) is 0 Å². The molecule has 0 bridgehead atoms. The average molecular weight is 492 g/mol. The fraction of sp³-hybridized carbons (Fsp3) is 0.250. The smallest absolute Gasteiger partial charge is 0.270 e. The van der Waals surface area contributed by atoms with Gasteiger partial charge in [0.2, 0.25) is 5.88 Å². The maximum atomic E-state index is 13.1. The number of methoxy groups -OCH3 is 1. The molecule has 156 valence electrons. The Morgan fingerprint density at radius 2 is 1.90 bits per heavy atom. The summed E-state index contributed by atoms with van der Waals surface area (Å²) < 4.78 is 17.1. The summed E-state index contributed by atoms with van der Waals surface area (Å²) in [5.74, 6) is 0.551. The Labute approximate surface area is 186 Å². The van der Waals surface area contributed by atoms with E-state index < -0.39 is 11.8 Å². The van der Waals surface area contributed by atoms with Crippen molar-refractivity contribution < 1.29 is 23.5 Å². The molecule has 0 unspecified atom stereocenters. The Hall–Kier alpha value is -2.69. The number of carbonyl (C=O) groups excluding carboxylic acids is 2. The number of anilines is 2. The number of thiocarbonyl (C=S) groups is 1. The number of nitrogens with zero attached hydrogens (tertiary/aromatic N) is 2. The Bertz CT molecular complexity index is 1030. The Balaban J connectivity index is 1.64. The maximum absolute atomic E-state index is 13.1. The molecule has 0 aliphatic carbocycles. The summed E-state index contributed by atoms with van der Waals surface area (Å²) in [5.41, 5.74) is 0.445. The minimum absolute atomic E-state index is 0.0157. The zero-order valence-electron chi connectivity index (χ0n) is 16.0. The number of hydrogen-bond donors (Lipinski definition) is 1. The number of nitrogens with one attached hydrogen (secondary N) is 1. The van der Waals surface area contributed by atoms with Crippen LogP contribution in [-0.2, 0) is 14.3 Å². The SMILES string of the molecule is COc1ccc(N2C(=O)/C(=C\c3cc(Br)c(N4CCOCC4)o3)C(=O)NC2=S)cc1. The molecule has 2 aliphatic rings. The van der Waals surface area contributed by atoms with Crippen LogP contribution in [0.4, 0.5) is 11.6 Å². The Morgan fingerprint density at radius 1 is 1.20 bits per heavy atom. The number of morpholine rings is 1. The summed E-state index contributed by atoms with van der Waals surface area (Å²) in [7, 11) is 1.55. The van der Waals surface area contributed by atoms with Crippen LogP contribution in [0.2, 0.25) is 0 Å². The topological polar surface area (TPSA) is 84.2 Å². The van der Waals surface area contributed by atoms with Crippen molar-refractivity contribution in [2.45, 2.75) is 0 Å². The number of furan rings is 1. The first-order valence-corrected chi connectivity index (χ1v) is 10.4. The van der Waals surface area contributed by atoms with Crippen LogP contribution in [0.1, 0.15) is 5.76 Å². The normalized spacial score (nSPS) is 18.7. The van der Waals surface area contributed by atoms with Gasteiger partial charge in [0.25, 0.3) is 11.8 Å². The second-order valence-corrected chi connectivity index (χ2v) is 7.80. The third-order valence-corrected chi connectivity index (χ3v) is 5.56. The van der Waals surface area contributed by atoms with E-state index in [0.717, 1.165) is 4.47 Å². The Kier molecular flexibility index (Phi) is 5.89. The van der Waals surface area contributed by atoms with Crippen LogP contribution >= 0.6 is 28.1 Å². The first-order valence-electron chi connectivity index (χ1n) is 9.15. The number of hydrogen-bond acceptors (Lipinski definition) is 7. The van der Waals surface area contributed by atoms with Crippen LogP contribution < -0.4 is 19.9 Å². The molecule has 3 heterocycles. The zero-order chi connectivity index (χ0) is 21.3. The van der Waals surface area contributed by atoms with E-state index in [0.29, 0.717) is 49.4 Å². The average Bonchev–Trinajstić information content (AvgIpc) is 3.12. The second-order valence-electron chi connectivity index (χ2n) is 6.56. The van der Waals surface area contributed by atoms with Gasteiger partial charge in [0, 0.05) is 19.2 Å². The second kappa shape index (κ2) is 8.58.